The third-order valence-corrected chi connectivity index (χ3v) is 4.04. The van der Waals surface area contributed by atoms with Gasteiger partial charge in [0.15, 0.2) is 0 Å². The smallest absolute Gasteiger partial charge is 0.127 e. The molecule has 0 aliphatic carbocycles. The molecule has 1 aromatic carbocycles. The molecule has 21 heavy (non-hydrogen) atoms. The second-order valence-electron chi connectivity index (χ2n) is 5.46. The van der Waals surface area contributed by atoms with E-state index in [1.165, 1.54) is 16.8 Å². The Bertz CT molecular complexity index is 621. The summed E-state index contributed by atoms with van der Waals surface area (Å²) < 4.78 is 8.04. The standard InChI is InChI=1S/C17H21ClN2O/c1-2-6-19-11-16-4-3-7-20(16)12-14-10-15(18)9-13-5-8-21-17(13)14/h3-4,7,9-10,19H,2,5-6,8,11-12H2,1H3. The minimum Gasteiger partial charge on any atom is -0.493 e. The molecule has 1 aromatic heterocycles. The van der Waals surface area contributed by atoms with Crippen LogP contribution >= 0.6 is 11.6 Å². The zero-order valence-electron chi connectivity index (χ0n) is 12.4. The predicted molar refractivity (Wildman–Crippen MR) is 86.2 cm³/mol. The highest BCUT2D eigenvalue weighted by Crippen LogP contribution is 2.33. The molecule has 4 heteroatoms. The summed E-state index contributed by atoms with van der Waals surface area (Å²) in [6, 6.07) is 8.30. The number of hydrogen-bond donors (Lipinski definition) is 1. The van der Waals surface area contributed by atoms with E-state index in [4.69, 9.17) is 16.3 Å². The van der Waals surface area contributed by atoms with E-state index in [0.717, 1.165) is 49.9 Å². The molecule has 0 radical (unpaired) electrons. The molecule has 3 rings (SSSR count). The fraction of sp³-hybridized carbons (Fsp3) is 0.412. The summed E-state index contributed by atoms with van der Waals surface area (Å²) in [6.45, 7) is 5.68. The second kappa shape index (κ2) is 6.54. The van der Waals surface area contributed by atoms with Crippen LogP contribution in [0, 0.1) is 0 Å². The largest absolute Gasteiger partial charge is 0.493 e. The summed E-state index contributed by atoms with van der Waals surface area (Å²) in [7, 11) is 0. The van der Waals surface area contributed by atoms with Crippen molar-refractivity contribution in [2.45, 2.75) is 32.9 Å². The maximum atomic E-state index is 6.23. The zero-order valence-corrected chi connectivity index (χ0v) is 13.1. The molecule has 112 valence electrons. The van der Waals surface area contributed by atoms with E-state index in [9.17, 15) is 0 Å². The highest BCUT2D eigenvalue weighted by molar-refractivity contribution is 6.30. The van der Waals surface area contributed by atoms with E-state index in [1.54, 1.807) is 0 Å². The van der Waals surface area contributed by atoms with Gasteiger partial charge in [-0.05, 0) is 42.8 Å². The van der Waals surface area contributed by atoms with Crippen LogP contribution in [0.4, 0.5) is 0 Å². The van der Waals surface area contributed by atoms with Crippen molar-refractivity contribution in [3.05, 3.63) is 52.3 Å². The van der Waals surface area contributed by atoms with Crippen LogP contribution in [0.1, 0.15) is 30.2 Å². The van der Waals surface area contributed by atoms with Gasteiger partial charge in [0.1, 0.15) is 5.75 Å². The number of ether oxygens (including phenoxy) is 1. The van der Waals surface area contributed by atoms with Crippen LogP contribution in [0.5, 0.6) is 5.75 Å². The van der Waals surface area contributed by atoms with Gasteiger partial charge in [0.2, 0.25) is 0 Å². The van der Waals surface area contributed by atoms with Crippen molar-refractivity contribution in [1.29, 1.82) is 0 Å². The molecular weight excluding hydrogens is 284 g/mol. The number of halogens is 1. The normalized spacial score (nSPS) is 13.2. The Morgan fingerprint density at radius 1 is 1.38 bits per heavy atom. The van der Waals surface area contributed by atoms with Crippen LogP contribution in [0.15, 0.2) is 30.5 Å². The summed E-state index contributed by atoms with van der Waals surface area (Å²) in [6.07, 6.45) is 4.22. The minimum atomic E-state index is 0.763. The van der Waals surface area contributed by atoms with Gasteiger partial charge in [-0.3, -0.25) is 0 Å². The van der Waals surface area contributed by atoms with Crippen LogP contribution in [0.2, 0.25) is 5.02 Å². The van der Waals surface area contributed by atoms with Crippen molar-refractivity contribution in [2.24, 2.45) is 0 Å². The summed E-state index contributed by atoms with van der Waals surface area (Å²) in [4.78, 5) is 0. The van der Waals surface area contributed by atoms with E-state index in [1.807, 2.05) is 12.1 Å². The Kier molecular flexibility index (Phi) is 4.51. The molecule has 0 fully saturated rings. The fourth-order valence-electron chi connectivity index (χ4n) is 2.80. The number of aromatic nitrogens is 1. The van der Waals surface area contributed by atoms with Crippen molar-refractivity contribution in [1.82, 2.24) is 9.88 Å². The third-order valence-electron chi connectivity index (χ3n) is 3.82. The lowest BCUT2D eigenvalue weighted by atomic mass is 10.1. The number of nitrogens with one attached hydrogen (secondary N) is 1. The molecule has 2 aromatic rings. The maximum absolute atomic E-state index is 6.23. The highest BCUT2D eigenvalue weighted by atomic mass is 35.5. The Morgan fingerprint density at radius 3 is 3.14 bits per heavy atom. The Balaban J connectivity index is 1.80. The van der Waals surface area contributed by atoms with Crippen molar-refractivity contribution in [2.75, 3.05) is 13.2 Å². The molecule has 1 aliphatic heterocycles. The topological polar surface area (TPSA) is 26.2 Å². The van der Waals surface area contributed by atoms with Gasteiger partial charge >= 0.3 is 0 Å². The van der Waals surface area contributed by atoms with Gasteiger partial charge < -0.3 is 14.6 Å². The number of nitrogens with zero attached hydrogens (tertiary/aromatic N) is 1. The van der Waals surface area contributed by atoms with Crippen molar-refractivity contribution in [3.8, 4) is 5.75 Å². The van der Waals surface area contributed by atoms with E-state index in [0.29, 0.717) is 0 Å². The molecule has 1 N–H and O–H groups in total. The monoisotopic (exact) mass is 304 g/mol. The summed E-state index contributed by atoms with van der Waals surface area (Å²) in [5.41, 5.74) is 3.69. The lowest BCUT2D eigenvalue weighted by molar-refractivity contribution is 0.352. The average molecular weight is 305 g/mol. The van der Waals surface area contributed by atoms with E-state index < -0.39 is 0 Å². The Morgan fingerprint density at radius 2 is 2.29 bits per heavy atom. The van der Waals surface area contributed by atoms with Gasteiger partial charge in [-0.1, -0.05) is 18.5 Å². The first-order chi connectivity index (χ1) is 10.3. The number of hydrogen-bond acceptors (Lipinski definition) is 2. The molecule has 0 saturated heterocycles. The number of rotatable bonds is 6. The van der Waals surface area contributed by atoms with Crippen LogP contribution in [0.3, 0.4) is 0 Å². The van der Waals surface area contributed by atoms with Gasteiger partial charge in [0, 0.05) is 35.4 Å². The number of fused-ring (bicyclic) bond motifs is 1. The molecule has 0 spiro atoms. The second-order valence-corrected chi connectivity index (χ2v) is 5.89. The summed E-state index contributed by atoms with van der Waals surface area (Å²) in [5.74, 6) is 1.03. The predicted octanol–water partition coefficient (Wildman–Crippen LogP) is 3.62. The van der Waals surface area contributed by atoms with Crippen molar-refractivity contribution < 1.29 is 4.74 Å². The quantitative estimate of drug-likeness (QED) is 0.825. The first-order valence-corrected chi connectivity index (χ1v) is 7.94. The zero-order chi connectivity index (χ0) is 14.7. The molecular formula is C17H21ClN2O. The fourth-order valence-corrected chi connectivity index (χ4v) is 3.07. The first-order valence-electron chi connectivity index (χ1n) is 7.56. The van der Waals surface area contributed by atoms with Crippen LogP contribution in [0.25, 0.3) is 0 Å². The van der Waals surface area contributed by atoms with E-state index in [2.05, 4.69) is 35.1 Å². The van der Waals surface area contributed by atoms with Crippen LogP contribution in [-0.2, 0) is 19.5 Å². The molecule has 0 saturated carbocycles. The Labute approximate surface area is 130 Å². The molecule has 0 bridgehead atoms. The SMILES string of the molecule is CCCNCc1cccn1Cc1cc(Cl)cc2c1OCC2. The first kappa shape index (κ1) is 14.5. The molecule has 2 heterocycles. The lowest BCUT2D eigenvalue weighted by Gasteiger charge is -2.13. The van der Waals surface area contributed by atoms with Crippen molar-refractivity contribution >= 4 is 11.6 Å². The minimum absolute atomic E-state index is 0.763. The van der Waals surface area contributed by atoms with Gasteiger partial charge in [0.05, 0.1) is 13.2 Å². The molecule has 3 nitrogen and oxygen atoms in total. The van der Waals surface area contributed by atoms with E-state index >= 15 is 0 Å². The van der Waals surface area contributed by atoms with Gasteiger partial charge in [-0.25, -0.2) is 0 Å². The Hall–Kier alpha value is -1.45. The van der Waals surface area contributed by atoms with Crippen molar-refractivity contribution in [3.63, 3.8) is 0 Å². The maximum Gasteiger partial charge on any atom is 0.127 e. The molecule has 0 amide bonds. The molecule has 1 aliphatic rings. The molecule has 0 atom stereocenters. The summed E-state index contributed by atoms with van der Waals surface area (Å²) in [5, 5.41) is 4.25. The van der Waals surface area contributed by atoms with Gasteiger partial charge in [0.25, 0.3) is 0 Å². The molecule has 0 unspecified atom stereocenters. The number of benzene rings is 1. The van der Waals surface area contributed by atoms with Crippen LogP contribution in [-0.4, -0.2) is 17.7 Å². The van der Waals surface area contributed by atoms with E-state index in [-0.39, 0.29) is 0 Å². The highest BCUT2D eigenvalue weighted by Gasteiger charge is 2.18. The van der Waals surface area contributed by atoms with Gasteiger partial charge in [-0.15, -0.1) is 0 Å². The lowest BCUT2D eigenvalue weighted by Crippen LogP contribution is -2.17. The van der Waals surface area contributed by atoms with Crippen LogP contribution < -0.4 is 10.1 Å². The summed E-state index contributed by atoms with van der Waals surface area (Å²) >= 11 is 6.23. The van der Waals surface area contributed by atoms with Gasteiger partial charge in [-0.2, -0.15) is 0 Å². The third kappa shape index (κ3) is 3.25. The average Bonchev–Trinajstić information content (AvgIpc) is 3.08.